The molecule has 1 nitrogen and oxygen atoms in total. The molecule has 0 aliphatic heterocycles. The Morgan fingerprint density at radius 1 is 0.719 bits per heavy atom. The standard InChI is InChI=1S/C31H55N/c1-3-5-8-12-26-14-18-28(19-15-26)29(25-32)24-31(22-10-7-11-23-31)30-20-16-27(17-21-30)13-9-6-4-2/h26-30H,3-24H2,1-2H3. The molecule has 0 aromatic heterocycles. The molecular weight excluding hydrogens is 386 g/mol. The van der Waals surface area contributed by atoms with Gasteiger partial charge in [0.15, 0.2) is 0 Å². The van der Waals surface area contributed by atoms with Crippen LogP contribution in [0.3, 0.4) is 0 Å². The van der Waals surface area contributed by atoms with Gasteiger partial charge in [-0.3, -0.25) is 0 Å². The first-order valence-electron chi connectivity index (χ1n) is 15.1. The number of nitrogens with zero attached hydrogens (tertiary/aromatic N) is 1. The predicted octanol–water partition coefficient (Wildman–Crippen LogP) is 10.2. The van der Waals surface area contributed by atoms with Crippen LogP contribution in [0.15, 0.2) is 0 Å². The zero-order chi connectivity index (χ0) is 22.7. The molecule has 0 bridgehead atoms. The summed E-state index contributed by atoms with van der Waals surface area (Å²) in [4.78, 5) is 0. The van der Waals surface area contributed by atoms with Crippen molar-refractivity contribution in [1.29, 1.82) is 5.26 Å². The highest BCUT2D eigenvalue weighted by atomic mass is 14.5. The number of hydrogen-bond donors (Lipinski definition) is 0. The van der Waals surface area contributed by atoms with Crippen molar-refractivity contribution >= 4 is 0 Å². The molecule has 3 fully saturated rings. The Hall–Kier alpha value is -0.510. The maximum atomic E-state index is 10.3. The molecule has 3 rings (SSSR count). The van der Waals surface area contributed by atoms with Gasteiger partial charge in [-0.1, -0.05) is 110 Å². The molecule has 1 unspecified atom stereocenters. The van der Waals surface area contributed by atoms with Gasteiger partial charge in [0.05, 0.1) is 6.07 Å². The normalized spacial score (nSPS) is 31.7. The van der Waals surface area contributed by atoms with Gasteiger partial charge in [0, 0.05) is 5.92 Å². The van der Waals surface area contributed by atoms with E-state index < -0.39 is 0 Å². The van der Waals surface area contributed by atoms with Gasteiger partial charge in [-0.25, -0.2) is 0 Å². The van der Waals surface area contributed by atoms with Crippen molar-refractivity contribution in [2.45, 2.75) is 155 Å². The Morgan fingerprint density at radius 2 is 1.25 bits per heavy atom. The van der Waals surface area contributed by atoms with Crippen molar-refractivity contribution in [3.63, 3.8) is 0 Å². The Labute approximate surface area is 201 Å². The number of unbranched alkanes of at least 4 members (excludes halogenated alkanes) is 4. The van der Waals surface area contributed by atoms with Crippen molar-refractivity contribution in [2.24, 2.45) is 35.0 Å². The van der Waals surface area contributed by atoms with E-state index >= 15 is 0 Å². The monoisotopic (exact) mass is 441 g/mol. The summed E-state index contributed by atoms with van der Waals surface area (Å²) in [5.74, 6) is 3.93. The molecule has 0 N–H and O–H groups in total. The number of nitriles is 1. The van der Waals surface area contributed by atoms with E-state index in [0.717, 1.165) is 17.8 Å². The zero-order valence-corrected chi connectivity index (χ0v) is 21.9. The molecule has 3 saturated carbocycles. The molecule has 0 saturated heterocycles. The van der Waals surface area contributed by atoms with Gasteiger partial charge in [0.25, 0.3) is 0 Å². The van der Waals surface area contributed by atoms with E-state index in [4.69, 9.17) is 0 Å². The van der Waals surface area contributed by atoms with Crippen LogP contribution in [0.4, 0.5) is 0 Å². The third-order valence-corrected chi connectivity index (χ3v) is 10.2. The van der Waals surface area contributed by atoms with E-state index in [0.29, 0.717) is 17.3 Å². The van der Waals surface area contributed by atoms with Crippen LogP contribution in [0.1, 0.15) is 155 Å². The van der Waals surface area contributed by atoms with Crippen molar-refractivity contribution < 1.29 is 0 Å². The second-order valence-electron chi connectivity index (χ2n) is 12.4. The van der Waals surface area contributed by atoms with Crippen LogP contribution >= 0.6 is 0 Å². The number of hydrogen-bond acceptors (Lipinski definition) is 1. The average molecular weight is 442 g/mol. The highest BCUT2D eigenvalue weighted by Crippen LogP contribution is 2.54. The van der Waals surface area contributed by atoms with Gasteiger partial charge in [0.2, 0.25) is 0 Å². The van der Waals surface area contributed by atoms with Crippen LogP contribution in [0, 0.1) is 46.3 Å². The van der Waals surface area contributed by atoms with Gasteiger partial charge in [-0.2, -0.15) is 5.26 Å². The zero-order valence-electron chi connectivity index (χ0n) is 21.9. The fourth-order valence-corrected chi connectivity index (χ4v) is 8.10. The minimum Gasteiger partial charge on any atom is -0.198 e. The Kier molecular flexibility index (Phi) is 11.4. The molecule has 1 heteroatoms. The average Bonchev–Trinajstić information content (AvgIpc) is 2.84. The third-order valence-electron chi connectivity index (χ3n) is 10.2. The molecule has 32 heavy (non-hydrogen) atoms. The van der Waals surface area contributed by atoms with Crippen molar-refractivity contribution in [3.05, 3.63) is 0 Å². The molecule has 0 radical (unpaired) electrons. The minimum absolute atomic E-state index is 0.340. The summed E-state index contributed by atoms with van der Waals surface area (Å²) in [5, 5.41) is 10.3. The third kappa shape index (κ3) is 7.50. The minimum atomic E-state index is 0.340. The molecule has 0 aromatic carbocycles. The lowest BCUT2D eigenvalue weighted by Gasteiger charge is -2.48. The summed E-state index contributed by atoms with van der Waals surface area (Å²) in [7, 11) is 0. The second kappa shape index (κ2) is 14.0. The van der Waals surface area contributed by atoms with Crippen LogP contribution in [0.25, 0.3) is 0 Å². The number of rotatable bonds is 12. The van der Waals surface area contributed by atoms with E-state index in [1.807, 2.05) is 0 Å². The Bertz CT molecular complexity index is 523. The molecule has 3 aliphatic rings. The maximum absolute atomic E-state index is 10.3. The molecule has 0 heterocycles. The van der Waals surface area contributed by atoms with Crippen LogP contribution in [-0.2, 0) is 0 Å². The van der Waals surface area contributed by atoms with Gasteiger partial charge < -0.3 is 0 Å². The van der Waals surface area contributed by atoms with Crippen molar-refractivity contribution in [1.82, 2.24) is 0 Å². The van der Waals surface area contributed by atoms with Crippen molar-refractivity contribution in [2.75, 3.05) is 0 Å². The SMILES string of the molecule is CCCCCC1CCC(C(C#N)CC2(C3CCC(CCCCC)CC3)CCCCC2)CC1. The van der Waals surface area contributed by atoms with Crippen LogP contribution in [0.2, 0.25) is 0 Å². The maximum Gasteiger partial charge on any atom is 0.0658 e. The van der Waals surface area contributed by atoms with E-state index in [-0.39, 0.29) is 0 Å². The van der Waals surface area contributed by atoms with E-state index in [9.17, 15) is 5.26 Å². The lowest BCUT2D eigenvalue weighted by molar-refractivity contribution is 0.0238. The summed E-state index contributed by atoms with van der Waals surface area (Å²) in [5.41, 5.74) is 0.519. The first-order valence-corrected chi connectivity index (χ1v) is 15.1. The van der Waals surface area contributed by atoms with Crippen LogP contribution in [-0.4, -0.2) is 0 Å². The summed E-state index contributed by atoms with van der Waals surface area (Å²) < 4.78 is 0. The first-order chi connectivity index (χ1) is 15.7. The Morgan fingerprint density at radius 3 is 1.75 bits per heavy atom. The largest absolute Gasteiger partial charge is 0.198 e. The van der Waals surface area contributed by atoms with Gasteiger partial charge in [-0.05, 0) is 74.0 Å². The molecule has 0 aromatic rings. The lowest BCUT2D eigenvalue weighted by Crippen LogP contribution is -2.38. The fourth-order valence-electron chi connectivity index (χ4n) is 8.10. The van der Waals surface area contributed by atoms with E-state index in [2.05, 4.69) is 19.9 Å². The summed E-state index contributed by atoms with van der Waals surface area (Å²) >= 11 is 0. The fraction of sp³-hybridized carbons (Fsp3) is 0.968. The molecule has 0 spiro atoms. The molecule has 3 aliphatic carbocycles. The second-order valence-corrected chi connectivity index (χ2v) is 12.4. The lowest BCUT2D eigenvalue weighted by atomic mass is 9.56. The predicted molar refractivity (Wildman–Crippen MR) is 138 cm³/mol. The van der Waals surface area contributed by atoms with Gasteiger partial charge >= 0.3 is 0 Å². The topological polar surface area (TPSA) is 23.8 Å². The summed E-state index contributed by atoms with van der Waals surface area (Å²) in [6.45, 7) is 4.64. The van der Waals surface area contributed by atoms with Crippen molar-refractivity contribution in [3.8, 4) is 6.07 Å². The highest BCUT2D eigenvalue weighted by Gasteiger charge is 2.44. The molecule has 184 valence electrons. The smallest absolute Gasteiger partial charge is 0.0658 e. The van der Waals surface area contributed by atoms with Crippen LogP contribution < -0.4 is 0 Å². The van der Waals surface area contributed by atoms with E-state index in [1.54, 1.807) is 0 Å². The quantitative estimate of drug-likeness (QED) is 0.276. The highest BCUT2D eigenvalue weighted by molar-refractivity contribution is 4.99. The van der Waals surface area contributed by atoms with Crippen LogP contribution in [0.5, 0.6) is 0 Å². The first kappa shape index (κ1) is 26.1. The molecule has 1 atom stereocenters. The summed E-state index contributed by atoms with van der Waals surface area (Å²) in [6, 6.07) is 2.89. The van der Waals surface area contributed by atoms with Gasteiger partial charge in [0.1, 0.15) is 0 Å². The molecular formula is C31H55N. The van der Waals surface area contributed by atoms with E-state index in [1.165, 1.54) is 141 Å². The molecule has 0 amide bonds. The van der Waals surface area contributed by atoms with Gasteiger partial charge in [-0.15, -0.1) is 0 Å². The summed E-state index contributed by atoms with van der Waals surface area (Å²) in [6.07, 6.45) is 31.2. The Balaban J connectivity index is 1.53.